The third-order valence-electron chi connectivity index (χ3n) is 6.93. The van der Waals surface area contributed by atoms with Gasteiger partial charge in [0.2, 0.25) is 5.91 Å². The lowest BCUT2D eigenvalue weighted by atomic mass is 9.96. The average molecular weight is 585 g/mol. The van der Waals surface area contributed by atoms with E-state index in [0.29, 0.717) is 6.42 Å². The van der Waals surface area contributed by atoms with Crippen molar-refractivity contribution in [1.29, 1.82) is 0 Å². The average Bonchev–Trinajstić information content (AvgIpc) is 3.05. The van der Waals surface area contributed by atoms with Crippen molar-refractivity contribution in [2.75, 3.05) is 50.9 Å². The smallest absolute Gasteiger partial charge is 0.418 e. The number of pyridine rings is 1. The lowest BCUT2D eigenvalue weighted by molar-refractivity contribution is -0.193. The maximum atomic E-state index is 13.3. The van der Waals surface area contributed by atoms with Gasteiger partial charge in [-0.1, -0.05) is 0 Å². The lowest BCUT2D eigenvalue weighted by Crippen LogP contribution is -2.65. The van der Waals surface area contributed by atoms with E-state index in [9.17, 15) is 41.0 Å². The Morgan fingerprint density at radius 1 is 1.27 bits per heavy atom. The zero-order valence-electron chi connectivity index (χ0n) is 21.4. The predicted molar refractivity (Wildman–Crippen MR) is 126 cm³/mol. The molecule has 4 heterocycles. The molecule has 0 spiro atoms. The lowest BCUT2D eigenvalue weighted by Gasteiger charge is -2.41. The molecule has 2 unspecified atom stereocenters. The standard InChI is InChI=1S/C23H30F6N6O5/c1-12(32-15-8-31-33-20(37)18(15)23(27,28)29)10-39-11-16(36)21(38)34-3-4-35-14(9-34)2-5-40-17-6-13(22(24,25)26)7-30-19(17)35/h6-7,12,14-16,18,31-32,36H,2-5,8-11H2,1H3,(H,33,37)/t12-,14-,15?,16-,18?/m0/s1. The number of aliphatic hydroxyl groups excluding tert-OH is 1. The van der Waals surface area contributed by atoms with Crippen molar-refractivity contribution in [2.24, 2.45) is 5.92 Å². The van der Waals surface area contributed by atoms with E-state index in [0.717, 1.165) is 12.3 Å². The van der Waals surface area contributed by atoms with E-state index in [2.05, 4.69) is 15.7 Å². The molecule has 224 valence electrons. The summed E-state index contributed by atoms with van der Waals surface area (Å²) < 4.78 is 89.9. The van der Waals surface area contributed by atoms with Crippen LogP contribution >= 0.6 is 0 Å². The summed E-state index contributed by atoms with van der Waals surface area (Å²) in [5.41, 5.74) is 3.45. The summed E-state index contributed by atoms with van der Waals surface area (Å²) >= 11 is 0. The number of halogens is 6. The molecule has 11 nitrogen and oxygen atoms in total. The van der Waals surface area contributed by atoms with Gasteiger partial charge in [-0.15, -0.1) is 0 Å². The zero-order valence-corrected chi connectivity index (χ0v) is 21.4. The largest absolute Gasteiger partial charge is 0.490 e. The maximum Gasteiger partial charge on any atom is 0.418 e. The monoisotopic (exact) mass is 584 g/mol. The molecule has 4 rings (SSSR count). The van der Waals surface area contributed by atoms with Gasteiger partial charge in [0.25, 0.3) is 5.91 Å². The number of hydrogen-bond donors (Lipinski definition) is 4. The minimum absolute atomic E-state index is 0.0134. The number of nitrogens with zero attached hydrogens (tertiary/aromatic N) is 3. The van der Waals surface area contributed by atoms with Crippen LogP contribution in [-0.4, -0.2) is 103 Å². The summed E-state index contributed by atoms with van der Waals surface area (Å²) in [5, 5.41) is 13.1. The van der Waals surface area contributed by atoms with Gasteiger partial charge in [0, 0.05) is 50.9 Å². The van der Waals surface area contributed by atoms with Gasteiger partial charge in [0.15, 0.2) is 23.6 Å². The molecule has 4 N–H and O–H groups in total. The van der Waals surface area contributed by atoms with E-state index in [4.69, 9.17) is 9.47 Å². The number of ether oxygens (including phenoxy) is 2. The Bertz CT molecular complexity index is 1080. The Morgan fingerprint density at radius 2 is 2.02 bits per heavy atom. The maximum absolute atomic E-state index is 13.3. The molecular formula is C23H30F6N6O5. The van der Waals surface area contributed by atoms with Crippen molar-refractivity contribution in [2.45, 2.75) is 49.9 Å². The molecule has 1 aromatic rings. The van der Waals surface area contributed by atoms with Crippen molar-refractivity contribution in [3.05, 3.63) is 17.8 Å². The summed E-state index contributed by atoms with van der Waals surface area (Å²) in [4.78, 5) is 31.7. The highest BCUT2D eigenvalue weighted by molar-refractivity contribution is 5.81. The van der Waals surface area contributed by atoms with Crippen molar-refractivity contribution in [1.82, 2.24) is 26.1 Å². The molecule has 2 amide bonds. The van der Waals surface area contributed by atoms with E-state index >= 15 is 0 Å². The molecule has 1 aromatic heterocycles. The fourth-order valence-electron chi connectivity index (χ4n) is 5.01. The second-order valence-electron chi connectivity index (χ2n) is 9.93. The van der Waals surface area contributed by atoms with Crippen molar-refractivity contribution in [3.8, 4) is 5.75 Å². The first-order valence-corrected chi connectivity index (χ1v) is 12.6. The van der Waals surface area contributed by atoms with Crippen LogP contribution in [0.25, 0.3) is 0 Å². The highest BCUT2D eigenvalue weighted by Crippen LogP contribution is 2.38. The number of fused-ring (bicyclic) bond motifs is 3. The topological polar surface area (TPSA) is 128 Å². The van der Waals surface area contributed by atoms with Crippen molar-refractivity contribution in [3.63, 3.8) is 0 Å². The normalized spacial score (nSPS) is 25.2. The van der Waals surface area contributed by atoms with Gasteiger partial charge >= 0.3 is 12.4 Å². The fraction of sp³-hybridized carbons (Fsp3) is 0.696. The molecule has 40 heavy (non-hydrogen) atoms. The van der Waals surface area contributed by atoms with Gasteiger partial charge in [-0.2, -0.15) is 26.3 Å². The Kier molecular flexibility index (Phi) is 8.96. The van der Waals surface area contributed by atoms with Crippen LogP contribution in [0.15, 0.2) is 12.3 Å². The molecule has 5 atom stereocenters. The van der Waals surface area contributed by atoms with Crippen LogP contribution < -0.4 is 25.8 Å². The predicted octanol–water partition coefficient (Wildman–Crippen LogP) is 0.437. The molecular weight excluding hydrogens is 554 g/mol. The Balaban J connectivity index is 1.27. The van der Waals surface area contributed by atoms with E-state index in [1.54, 1.807) is 11.8 Å². The van der Waals surface area contributed by atoms with Crippen LogP contribution in [0.4, 0.5) is 32.2 Å². The Hall–Kier alpha value is -2.89. The SMILES string of the molecule is C[C@@H](COC[C@H](O)C(=O)N1CCN2c3ncc(C(F)(F)F)cc3OCC[C@H]2C1)NC1CNNC(=O)C1C(F)(F)F. The summed E-state index contributed by atoms with van der Waals surface area (Å²) in [7, 11) is 0. The zero-order chi connectivity index (χ0) is 29.2. The van der Waals surface area contributed by atoms with Gasteiger partial charge in [-0.25, -0.2) is 10.4 Å². The molecule has 0 aliphatic carbocycles. The molecule has 17 heteroatoms. The molecule has 0 bridgehead atoms. The second kappa shape index (κ2) is 11.9. The Labute approximate surface area is 225 Å². The highest BCUT2D eigenvalue weighted by Gasteiger charge is 2.51. The van der Waals surface area contributed by atoms with E-state index in [-0.39, 0.29) is 57.0 Å². The van der Waals surface area contributed by atoms with Gasteiger partial charge in [-0.3, -0.25) is 15.0 Å². The molecule has 2 saturated heterocycles. The number of anilines is 1. The van der Waals surface area contributed by atoms with E-state index in [1.807, 2.05) is 5.43 Å². The van der Waals surface area contributed by atoms with Crippen molar-refractivity contribution >= 4 is 17.6 Å². The van der Waals surface area contributed by atoms with Gasteiger partial charge < -0.3 is 29.7 Å². The summed E-state index contributed by atoms with van der Waals surface area (Å²) in [6.45, 7) is 1.55. The third-order valence-corrected chi connectivity index (χ3v) is 6.93. The fourth-order valence-corrected chi connectivity index (χ4v) is 5.01. The summed E-state index contributed by atoms with van der Waals surface area (Å²) in [6, 6.07) is -1.27. The molecule has 0 aromatic carbocycles. The minimum Gasteiger partial charge on any atom is -0.490 e. The second-order valence-corrected chi connectivity index (χ2v) is 9.93. The molecule has 3 aliphatic rings. The van der Waals surface area contributed by atoms with Crippen molar-refractivity contribution < 1.29 is 50.5 Å². The van der Waals surface area contributed by atoms with E-state index < -0.39 is 60.4 Å². The molecule has 0 saturated carbocycles. The number of aromatic nitrogens is 1. The number of alkyl halides is 6. The highest BCUT2D eigenvalue weighted by atomic mass is 19.4. The van der Waals surface area contributed by atoms with Crippen LogP contribution in [0.3, 0.4) is 0 Å². The number of amides is 2. The van der Waals surface area contributed by atoms with Crippen LogP contribution in [0, 0.1) is 5.92 Å². The van der Waals surface area contributed by atoms with Gasteiger partial charge in [-0.05, 0) is 13.0 Å². The first-order valence-electron chi connectivity index (χ1n) is 12.6. The number of carbonyl (C=O) groups is 2. The van der Waals surface area contributed by atoms with Crippen LogP contribution in [0.1, 0.15) is 18.9 Å². The quantitative estimate of drug-likeness (QED) is 0.338. The number of nitrogens with one attached hydrogen (secondary N) is 3. The third kappa shape index (κ3) is 6.87. The number of hydrogen-bond acceptors (Lipinski definition) is 9. The van der Waals surface area contributed by atoms with Crippen LogP contribution in [0.2, 0.25) is 0 Å². The van der Waals surface area contributed by atoms with Gasteiger partial charge in [0.05, 0.1) is 31.4 Å². The van der Waals surface area contributed by atoms with E-state index in [1.165, 1.54) is 4.90 Å². The molecule has 3 aliphatic heterocycles. The first-order chi connectivity index (χ1) is 18.8. The van der Waals surface area contributed by atoms with Crippen LogP contribution in [-0.2, 0) is 20.5 Å². The number of rotatable bonds is 7. The summed E-state index contributed by atoms with van der Waals surface area (Å²) in [5.74, 6) is -3.79. The number of piperazine rings is 1. The van der Waals surface area contributed by atoms with Crippen LogP contribution in [0.5, 0.6) is 5.75 Å². The number of aliphatic hydroxyl groups is 1. The molecule has 2 fully saturated rings. The first kappa shape index (κ1) is 30.1. The summed E-state index contributed by atoms with van der Waals surface area (Å²) in [6.07, 6.45) is -9.70. The number of carbonyl (C=O) groups excluding carboxylic acids is 2. The number of hydrazine groups is 1. The van der Waals surface area contributed by atoms with Gasteiger partial charge in [0.1, 0.15) is 0 Å². The molecule has 0 radical (unpaired) electrons. The minimum atomic E-state index is -4.75. The Morgan fingerprint density at radius 3 is 2.73 bits per heavy atom.